The van der Waals surface area contributed by atoms with Gasteiger partial charge in [-0.15, -0.1) is 0 Å². The van der Waals surface area contributed by atoms with Gasteiger partial charge in [-0.05, 0) is 24.1 Å². The number of ether oxygens (including phenoxy) is 1. The summed E-state index contributed by atoms with van der Waals surface area (Å²) in [5.74, 6) is 0.386. The van der Waals surface area contributed by atoms with Gasteiger partial charge in [0.25, 0.3) is 0 Å². The van der Waals surface area contributed by atoms with Crippen LogP contribution in [0.3, 0.4) is 0 Å². The lowest BCUT2D eigenvalue weighted by Gasteiger charge is -2.50. The molecule has 0 saturated heterocycles. The van der Waals surface area contributed by atoms with Crippen LogP contribution in [0, 0.1) is 5.92 Å². The molecule has 3 aliphatic heterocycles. The fourth-order valence-corrected chi connectivity index (χ4v) is 4.25. The third kappa shape index (κ3) is 1.29. The lowest BCUT2D eigenvalue weighted by atomic mass is 9.75. The molecule has 7 nitrogen and oxygen atoms in total. The highest BCUT2D eigenvalue weighted by Crippen LogP contribution is 2.51. The zero-order valence-electron chi connectivity index (χ0n) is 13.2. The van der Waals surface area contributed by atoms with Gasteiger partial charge in [-0.25, -0.2) is 18.8 Å². The van der Waals surface area contributed by atoms with Crippen LogP contribution in [-0.4, -0.2) is 19.7 Å². The molecule has 0 saturated carbocycles. The first-order valence-electron chi connectivity index (χ1n) is 7.92. The number of aromatic nitrogens is 3. The number of ketones is 1. The number of hydrogen-bond donors (Lipinski definition) is 0. The number of nitrogens with zero attached hydrogens (tertiary/aromatic N) is 3. The van der Waals surface area contributed by atoms with Crippen molar-refractivity contribution < 1.29 is 9.53 Å². The van der Waals surface area contributed by atoms with Crippen LogP contribution in [0.15, 0.2) is 45.5 Å². The average Bonchev–Trinajstić information content (AvgIpc) is 2.80. The second kappa shape index (κ2) is 3.98. The van der Waals surface area contributed by atoms with Crippen LogP contribution in [0.5, 0.6) is 5.75 Å². The highest BCUT2D eigenvalue weighted by Gasteiger charge is 2.58. The molecule has 122 valence electrons. The van der Waals surface area contributed by atoms with E-state index in [1.165, 1.54) is 16.4 Å². The van der Waals surface area contributed by atoms with Gasteiger partial charge in [0.1, 0.15) is 5.75 Å². The van der Waals surface area contributed by atoms with Gasteiger partial charge in [-0.1, -0.05) is 19.1 Å². The molecule has 1 spiro atoms. The fraction of sp³-hybridized carbons (Fsp3) is 0.353. The van der Waals surface area contributed by atoms with Crippen LogP contribution in [-0.2, 0) is 12.8 Å². The van der Waals surface area contributed by atoms with E-state index in [2.05, 4.69) is 0 Å². The van der Waals surface area contributed by atoms with Gasteiger partial charge >= 0.3 is 11.4 Å². The summed E-state index contributed by atoms with van der Waals surface area (Å²) in [6.45, 7) is 2.00. The SMILES string of the molecule is C[C@@H]1C[C@@]23Oc4ccccc4C(=O)C2=C[C@@H]1n1c(=O)n(C)c(=O)n13. The van der Waals surface area contributed by atoms with Gasteiger partial charge in [0.05, 0.1) is 17.2 Å². The first kappa shape index (κ1) is 13.6. The smallest absolute Gasteiger partial charge is 0.350 e. The predicted octanol–water partition coefficient (Wildman–Crippen LogP) is 0.797. The van der Waals surface area contributed by atoms with E-state index in [9.17, 15) is 14.4 Å². The summed E-state index contributed by atoms with van der Waals surface area (Å²) in [5.41, 5.74) is -1.14. The van der Waals surface area contributed by atoms with Crippen LogP contribution in [0.4, 0.5) is 0 Å². The largest absolute Gasteiger partial charge is 0.461 e. The number of benzene rings is 1. The number of Topliss-reactive ketones (excluding diaryl/α,β-unsaturated/α-hetero) is 1. The Balaban J connectivity index is 1.90. The molecule has 1 aromatic carbocycles. The maximum Gasteiger partial charge on any atom is 0.350 e. The Morgan fingerprint density at radius 2 is 1.92 bits per heavy atom. The number of carbonyl (C=O) groups is 1. The van der Waals surface area contributed by atoms with Gasteiger partial charge in [0, 0.05) is 13.5 Å². The van der Waals surface area contributed by atoms with E-state index in [-0.39, 0.29) is 23.4 Å². The molecule has 1 aromatic heterocycles. The molecule has 2 bridgehead atoms. The average molecular weight is 325 g/mol. The lowest BCUT2D eigenvalue weighted by molar-refractivity contribution is -0.0700. The molecule has 1 aliphatic carbocycles. The third-order valence-electron chi connectivity index (χ3n) is 5.39. The number of para-hydroxylation sites is 1. The van der Waals surface area contributed by atoms with Crippen molar-refractivity contribution in [1.82, 2.24) is 13.9 Å². The molecule has 4 heterocycles. The summed E-state index contributed by atoms with van der Waals surface area (Å²) >= 11 is 0. The zero-order chi connectivity index (χ0) is 16.8. The molecular formula is C17H15N3O4. The van der Waals surface area contributed by atoms with Gasteiger partial charge < -0.3 is 4.74 Å². The van der Waals surface area contributed by atoms with Gasteiger partial charge in [-0.3, -0.25) is 4.79 Å². The van der Waals surface area contributed by atoms with E-state index in [4.69, 9.17) is 4.74 Å². The van der Waals surface area contributed by atoms with E-state index >= 15 is 0 Å². The minimum Gasteiger partial charge on any atom is -0.461 e. The Morgan fingerprint density at radius 3 is 2.71 bits per heavy atom. The number of rotatable bonds is 0. The van der Waals surface area contributed by atoms with Crippen molar-refractivity contribution in [2.75, 3.05) is 0 Å². The summed E-state index contributed by atoms with van der Waals surface area (Å²) in [6.07, 6.45) is 2.28. The van der Waals surface area contributed by atoms with Gasteiger partial charge in [-0.2, -0.15) is 4.68 Å². The molecule has 4 aliphatic rings. The summed E-state index contributed by atoms with van der Waals surface area (Å²) < 4.78 is 10.1. The van der Waals surface area contributed by atoms with Gasteiger partial charge in [0.15, 0.2) is 5.78 Å². The number of fused-ring (bicyclic) bond motifs is 2. The lowest BCUT2D eigenvalue weighted by Crippen LogP contribution is -2.61. The Bertz CT molecular complexity index is 1070. The Morgan fingerprint density at radius 1 is 1.17 bits per heavy atom. The normalized spacial score (nSPS) is 29.4. The molecule has 0 amide bonds. The molecule has 0 N–H and O–H groups in total. The quantitative estimate of drug-likeness (QED) is 0.718. The molecule has 2 aromatic rings. The first-order valence-corrected chi connectivity index (χ1v) is 7.92. The summed E-state index contributed by atoms with van der Waals surface area (Å²) in [4.78, 5) is 38.2. The Labute approximate surface area is 136 Å². The molecule has 24 heavy (non-hydrogen) atoms. The molecule has 0 fully saturated rings. The van der Waals surface area contributed by atoms with Crippen molar-refractivity contribution in [3.05, 3.63) is 62.4 Å². The highest BCUT2D eigenvalue weighted by molar-refractivity contribution is 6.12. The maximum absolute atomic E-state index is 13.0. The van der Waals surface area contributed by atoms with E-state index in [0.717, 1.165) is 4.57 Å². The highest BCUT2D eigenvalue weighted by atomic mass is 16.5. The van der Waals surface area contributed by atoms with Crippen LogP contribution in [0.1, 0.15) is 29.7 Å². The van der Waals surface area contributed by atoms with Crippen LogP contribution in [0.2, 0.25) is 0 Å². The Hall–Kier alpha value is -2.83. The van der Waals surface area contributed by atoms with Crippen molar-refractivity contribution in [1.29, 1.82) is 0 Å². The van der Waals surface area contributed by atoms with Gasteiger partial charge in [0.2, 0.25) is 5.72 Å². The van der Waals surface area contributed by atoms with E-state index in [1.54, 1.807) is 30.3 Å². The van der Waals surface area contributed by atoms with E-state index in [0.29, 0.717) is 23.3 Å². The van der Waals surface area contributed by atoms with Crippen molar-refractivity contribution in [2.24, 2.45) is 13.0 Å². The summed E-state index contributed by atoms with van der Waals surface area (Å²) in [7, 11) is 1.45. The topological polar surface area (TPSA) is 75.2 Å². The predicted molar refractivity (Wildman–Crippen MR) is 84.2 cm³/mol. The minimum absolute atomic E-state index is 0.0753. The van der Waals surface area contributed by atoms with Crippen molar-refractivity contribution in [3.8, 4) is 5.75 Å². The second-order valence-electron chi connectivity index (χ2n) is 6.74. The summed E-state index contributed by atoms with van der Waals surface area (Å²) in [5, 5.41) is 0. The fourth-order valence-electron chi connectivity index (χ4n) is 4.25. The molecule has 0 radical (unpaired) electrons. The van der Waals surface area contributed by atoms with Crippen LogP contribution in [0.25, 0.3) is 0 Å². The minimum atomic E-state index is -1.24. The second-order valence-corrected chi connectivity index (χ2v) is 6.74. The molecule has 3 atom stereocenters. The first-order chi connectivity index (χ1) is 11.5. The number of hydrogen-bond acceptors (Lipinski definition) is 4. The molecule has 6 rings (SSSR count). The van der Waals surface area contributed by atoms with Crippen molar-refractivity contribution in [3.63, 3.8) is 0 Å². The van der Waals surface area contributed by atoms with Crippen molar-refractivity contribution >= 4 is 5.78 Å². The molecule has 0 unspecified atom stereocenters. The number of carbonyl (C=O) groups excluding carboxylic acids is 1. The molecular weight excluding hydrogens is 310 g/mol. The monoisotopic (exact) mass is 325 g/mol. The van der Waals surface area contributed by atoms with Crippen LogP contribution >= 0.6 is 0 Å². The number of allylic oxidation sites excluding steroid dienone is 1. The third-order valence-corrected chi connectivity index (χ3v) is 5.39. The van der Waals surface area contributed by atoms with Crippen molar-refractivity contribution in [2.45, 2.75) is 25.1 Å². The maximum atomic E-state index is 13.0. The Kier molecular flexibility index (Phi) is 2.25. The van der Waals surface area contributed by atoms with Crippen LogP contribution < -0.4 is 16.1 Å². The van der Waals surface area contributed by atoms with E-state index < -0.39 is 11.4 Å². The zero-order valence-corrected chi connectivity index (χ0v) is 13.2. The summed E-state index contributed by atoms with van der Waals surface area (Å²) in [6, 6.07) is 6.70. The van der Waals surface area contributed by atoms with E-state index in [1.807, 2.05) is 6.92 Å². The standard InChI is InChI=1S/C17H15N3O4/c1-9-8-17-11(14(21)10-5-3-4-6-13(10)24-17)7-12(9)19-15(22)18(2)16(23)20(17)19/h3-7,9,12H,8H2,1-2H3/t9-,12+,17-/m1/s1. The molecule has 7 heteroatoms.